The Labute approximate surface area is 114 Å². The predicted octanol–water partition coefficient (Wildman–Crippen LogP) is 3.59. The summed E-state index contributed by atoms with van der Waals surface area (Å²) in [6.07, 6.45) is 7.67. The van der Waals surface area contributed by atoms with Crippen LogP contribution in [0.2, 0.25) is 0 Å². The second-order valence-electron chi connectivity index (χ2n) is 6.74. The van der Waals surface area contributed by atoms with Crippen LogP contribution >= 0.6 is 0 Å². The van der Waals surface area contributed by atoms with E-state index in [0.717, 1.165) is 18.3 Å². The Bertz CT molecular complexity index is 215. The molecule has 0 amide bonds. The molecular formula is C16H33NO. The molecule has 0 aromatic rings. The summed E-state index contributed by atoms with van der Waals surface area (Å²) in [7, 11) is 0. The van der Waals surface area contributed by atoms with Gasteiger partial charge in [-0.1, -0.05) is 40.5 Å². The molecule has 0 saturated heterocycles. The molecule has 108 valence electrons. The van der Waals surface area contributed by atoms with Gasteiger partial charge in [0.15, 0.2) is 0 Å². The zero-order valence-corrected chi connectivity index (χ0v) is 12.8. The van der Waals surface area contributed by atoms with Gasteiger partial charge in [-0.2, -0.15) is 0 Å². The fourth-order valence-electron chi connectivity index (χ4n) is 3.21. The minimum absolute atomic E-state index is 0.303. The molecule has 3 atom stereocenters. The molecule has 2 N–H and O–H groups in total. The van der Waals surface area contributed by atoms with Gasteiger partial charge in [0.25, 0.3) is 0 Å². The highest BCUT2D eigenvalue weighted by atomic mass is 16.3. The average molecular weight is 255 g/mol. The van der Waals surface area contributed by atoms with Crippen molar-refractivity contribution in [1.29, 1.82) is 0 Å². The van der Waals surface area contributed by atoms with Crippen molar-refractivity contribution in [3.8, 4) is 0 Å². The molecule has 2 heteroatoms. The molecule has 0 spiro atoms. The number of nitrogens with one attached hydrogen (secondary N) is 1. The third kappa shape index (κ3) is 5.27. The molecule has 2 nitrogen and oxygen atoms in total. The Kier molecular flexibility index (Phi) is 7.25. The lowest BCUT2D eigenvalue weighted by Crippen LogP contribution is -2.41. The highest BCUT2D eigenvalue weighted by Crippen LogP contribution is 2.29. The third-order valence-corrected chi connectivity index (χ3v) is 4.65. The molecule has 1 saturated carbocycles. The second kappa shape index (κ2) is 8.16. The lowest BCUT2D eigenvalue weighted by molar-refractivity contribution is 0.229. The smallest absolute Gasteiger partial charge is 0.0445 e. The van der Waals surface area contributed by atoms with Crippen molar-refractivity contribution in [3.63, 3.8) is 0 Å². The van der Waals surface area contributed by atoms with Gasteiger partial charge < -0.3 is 10.4 Å². The van der Waals surface area contributed by atoms with Crippen LogP contribution in [0.5, 0.6) is 0 Å². The van der Waals surface area contributed by atoms with E-state index in [4.69, 9.17) is 5.11 Å². The lowest BCUT2D eigenvalue weighted by atomic mass is 9.89. The molecule has 0 aliphatic heterocycles. The summed E-state index contributed by atoms with van der Waals surface area (Å²) in [5.41, 5.74) is 0. The third-order valence-electron chi connectivity index (χ3n) is 4.65. The summed E-state index contributed by atoms with van der Waals surface area (Å²) >= 11 is 0. The first-order valence-electron chi connectivity index (χ1n) is 7.91. The van der Waals surface area contributed by atoms with Crippen LogP contribution in [0.4, 0.5) is 0 Å². The minimum Gasteiger partial charge on any atom is -0.396 e. The van der Waals surface area contributed by atoms with Gasteiger partial charge in [-0.25, -0.2) is 0 Å². The SMILES string of the molecule is CC(C)C1CCCC(NC(CCO)C(C)C)CC1. The van der Waals surface area contributed by atoms with Gasteiger partial charge in [-0.15, -0.1) is 0 Å². The fraction of sp³-hybridized carbons (Fsp3) is 1.00. The van der Waals surface area contributed by atoms with Gasteiger partial charge in [0.2, 0.25) is 0 Å². The Morgan fingerprint density at radius 3 is 2.33 bits per heavy atom. The van der Waals surface area contributed by atoms with Crippen LogP contribution in [0.3, 0.4) is 0 Å². The maximum atomic E-state index is 9.15. The van der Waals surface area contributed by atoms with E-state index in [1.807, 2.05) is 0 Å². The normalized spacial score (nSPS) is 27.5. The molecule has 0 bridgehead atoms. The van der Waals surface area contributed by atoms with E-state index < -0.39 is 0 Å². The standard InChI is InChI=1S/C16H33NO/c1-12(2)14-6-5-7-15(9-8-14)17-16(10-11-18)13(3)4/h12-18H,5-11H2,1-4H3. The van der Waals surface area contributed by atoms with E-state index in [-0.39, 0.29) is 0 Å². The summed E-state index contributed by atoms with van der Waals surface area (Å²) in [4.78, 5) is 0. The minimum atomic E-state index is 0.303. The largest absolute Gasteiger partial charge is 0.396 e. The van der Waals surface area contributed by atoms with E-state index in [1.54, 1.807) is 0 Å². The summed E-state index contributed by atoms with van der Waals surface area (Å²) in [6.45, 7) is 9.53. The van der Waals surface area contributed by atoms with E-state index >= 15 is 0 Å². The number of rotatable bonds is 6. The van der Waals surface area contributed by atoms with Crippen molar-refractivity contribution in [2.45, 2.75) is 78.3 Å². The zero-order chi connectivity index (χ0) is 13.5. The van der Waals surface area contributed by atoms with Crippen molar-refractivity contribution in [2.24, 2.45) is 17.8 Å². The summed E-state index contributed by atoms with van der Waals surface area (Å²) in [5.74, 6) is 2.37. The topological polar surface area (TPSA) is 32.3 Å². The summed E-state index contributed by atoms with van der Waals surface area (Å²) in [5, 5.41) is 12.9. The quantitative estimate of drug-likeness (QED) is 0.711. The number of aliphatic hydroxyl groups is 1. The highest BCUT2D eigenvalue weighted by Gasteiger charge is 2.23. The van der Waals surface area contributed by atoms with Crippen molar-refractivity contribution in [2.75, 3.05) is 6.61 Å². The van der Waals surface area contributed by atoms with Crippen LogP contribution in [-0.2, 0) is 0 Å². The first kappa shape index (κ1) is 16.0. The molecular weight excluding hydrogens is 222 g/mol. The molecule has 18 heavy (non-hydrogen) atoms. The van der Waals surface area contributed by atoms with E-state index in [0.29, 0.717) is 24.6 Å². The van der Waals surface area contributed by atoms with Gasteiger partial charge >= 0.3 is 0 Å². The molecule has 1 rings (SSSR count). The highest BCUT2D eigenvalue weighted by molar-refractivity contribution is 4.81. The van der Waals surface area contributed by atoms with Crippen LogP contribution in [0.25, 0.3) is 0 Å². The monoisotopic (exact) mass is 255 g/mol. The average Bonchev–Trinajstić information content (AvgIpc) is 2.54. The van der Waals surface area contributed by atoms with Crippen molar-refractivity contribution in [3.05, 3.63) is 0 Å². The first-order chi connectivity index (χ1) is 8.54. The fourth-order valence-corrected chi connectivity index (χ4v) is 3.21. The van der Waals surface area contributed by atoms with Crippen LogP contribution < -0.4 is 5.32 Å². The van der Waals surface area contributed by atoms with Gasteiger partial charge in [0.05, 0.1) is 0 Å². The Morgan fingerprint density at radius 2 is 1.78 bits per heavy atom. The van der Waals surface area contributed by atoms with Crippen molar-refractivity contribution < 1.29 is 5.11 Å². The molecule has 0 aromatic carbocycles. The van der Waals surface area contributed by atoms with Gasteiger partial charge in [0, 0.05) is 18.7 Å². The summed E-state index contributed by atoms with van der Waals surface area (Å²) in [6, 6.07) is 1.16. The van der Waals surface area contributed by atoms with Crippen molar-refractivity contribution in [1.82, 2.24) is 5.32 Å². The second-order valence-corrected chi connectivity index (χ2v) is 6.74. The molecule has 0 radical (unpaired) electrons. The van der Waals surface area contributed by atoms with Crippen LogP contribution in [0.1, 0.15) is 66.2 Å². The van der Waals surface area contributed by atoms with Gasteiger partial charge in [-0.3, -0.25) is 0 Å². The molecule has 0 aromatic heterocycles. The molecule has 1 fully saturated rings. The number of aliphatic hydroxyl groups excluding tert-OH is 1. The van der Waals surface area contributed by atoms with Crippen LogP contribution in [-0.4, -0.2) is 23.8 Å². The molecule has 0 heterocycles. The van der Waals surface area contributed by atoms with E-state index in [2.05, 4.69) is 33.0 Å². The Balaban J connectivity index is 2.42. The maximum Gasteiger partial charge on any atom is 0.0445 e. The lowest BCUT2D eigenvalue weighted by Gasteiger charge is -2.27. The van der Waals surface area contributed by atoms with E-state index in [9.17, 15) is 0 Å². The van der Waals surface area contributed by atoms with Gasteiger partial charge in [0.1, 0.15) is 0 Å². The molecule has 1 aliphatic rings. The Morgan fingerprint density at radius 1 is 1.06 bits per heavy atom. The van der Waals surface area contributed by atoms with Gasteiger partial charge in [-0.05, 0) is 43.4 Å². The number of hydrogen-bond donors (Lipinski definition) is 2. The zero-order valence-electron chi connectivity index (χ0n) is 12.8. The van der Waals surface area contributed by atoms with Crippen molar-refractivity contribution >= 4 is 0 Å². The maximum absolute atomic E-state index is 9.15. The first-order valence-corrected chi connectivity index (χ1v) is 7.91. The molecule has 1 aliphatic carbocycles. The number of hydrogen-bond acceptors (Lipinski definition) is 2. The predicted molar refractivity (Wildman–Crippen MR) is 78.7 cm³/mol. The van der Waals surface area contributed by atoms with Crippen LogP contribution in [0, 0.1) is 17.8 Å². The Hall–Kier alpha value is -0.0800. The van der Waals surface area contributed by atoms with E-state index in [1.165, 1.54) is 32.1 Å². The molecule has 3 unspecified atom stereocenters. The van der Waals surface area contributed by atoms with Crippen LogP contribution in [0.15, 0.2) is 0 Å². The summed E-state index contributed by atoms with van der Waals surface area (Å²) < 4.78 is 0.